The van der Waals surface area contributed by atoms with E-state index in [2.05, 4.69) is 5.43 Å². The van der Waals surface area contributed by atoms with Crippen LogP contribution in [0.3, 0.4) is 0 Å². The maximum Gasteiger partial charge on any atom is 0.410 e. The van der Waals surface area contributed by atoms with Crippen LogP contribution < -0.4 is 11.3 Å². The van der Waals surface area contributed by atoms with Crippen molar-refractivity contribution in [3.8, 4) is 0 Å². The number of nitrogens with one attached hydrogen (secondary N) is 1. The van der Waals surface area contributed by atoms with Crippen LogP contribution in [0.1, 0.15) is 55.5 Å². The predicted octanol–water partition coefficient (Wildman–Crippen LogP) is 2.40. The number of hydrazine groups is 1. The number of hydrogen-bond acceptors (Lipinski definition) is 4. The van der Waals surface area contributed by atoms with E-state index in [1.165, 1.54) is 0 Å². The molecule has 2 amide bonds. The second-order valence-corrected chi connectivity index (χ2v) is 6.86. The summed E-state index contributed by atoms with van der Waals surface area (Å²) in [5, 5.41) is 0. The molecular formula is C17H25N3O3. The van der Waals surface area contributed by atoms with Crippen LogP contribution in [0.5, 0.6) is 0 Å². The summed E-state index contributed by atoms with van der Waals surface area (Å²) >= 11 is 0. The van der Waals surface area contributed by atoms with Gasteiger partial charge in [-0.25, -0.2) is 10.6 Å². The van der Waals surface area contributed by atoms with E-state index in [4.69, 9.17) is 10.6 Å². The number of carbonyl (C=O) groups is 2. The zero-order valence-corrected chi connectivity index (χ0v) is 14.0. The normalized spacial score (nSPS) is 18.4. The number of nitrogens with zero attached hydrogens (tertiary/aromatic N) is 1. The maximum atomic E-state index is 12.2. The zero-order chi connectivity index (χ0) is 17.0. The van der Waals surface area contributed by atoms with Gasteiger partial charge in [-0.2, -0.15) is 0 Å². The van der Waals surface area contributed by atoms with Crippen molar-refractivity contribution in [3.63, 3.8) is 0 Å². The number of ether oxygens (including phenoxy) is 1. The van der Waals surface area contributed by atoms with Crippen LogP contribution in [0.4, 0.5) is 4.79 Å². The number of carbonyl (C=O) groups excluding carboxylic acids is 2. The average molecular weight is 319 g/mol. The maximum absolute atomic E-state index is 12.2. The number of piperidine rings is 1. The molecule has 3 N–H and O–H groups in total. The Hall–Kier alpha value is -2.08. The monoisotopic (exact) mass is 319 g/mol. The third kappa shape index (κ3) is 4.69. The van der Waals surface area contributed by atoms with E-state index in [9.17, 15) is 9.59 Å². The lowest BCUT2D eigenvalue weighted by Crippen LogP contribution is -2.42. The van der Waals surface area contributed by atoms with Crippen LogP contribution in [-0.2, 0) is 4.74 Å². The zero-order valence-electron chi connectivity index (χ0n) is 14.0. The lowest BCUT2D eigenvalue weighted by Gasteiger charge is -2.34. The Labute approximate surface area is 136 Å². The van der Waals surface area contributed by atoms with Gasteiger partial charge in [-0.05, 0) is 51.3 Å². The van der Waals surface area contributed by atoms with Gasteiger partial charge in [-0.1, -0.05) is 12.1 Å². The van der Waals surface area contributed by atoms with Crippen molar-refractivity contribution < 1.29 is 14.3 Å². The molecule has 0 spiro atoms. The molecule has 1 unspecified atom stereocenters. The van der Waals surface area contributed by atoms with E-state index in [1.54, 1.807) is 11.0 Å². The van der Waals surface area contributed by atoms with Gasteiger partial charge < -0.3 is 9.64 Å². The third-order valence-corrected chi connectivity index (χ3v) is 3.82. The highest BCUT2D eigenvalue weighted by Crippen LogP contribution is 2.28. The van der Waals surface area contributed by atoms with Crippen molar-refractivity contribution in [1.82, 2.24) is 10.3 Å². The molecule has 1 aliphatic rings. The van der Waals surface area contributed by atoms with Crippen molar-refractivity contribution in [2.75, 3.05) is 13.1 Å². The minimum absolute atomic E-state index is 0.196. The van der Waals surface area contributed by atoms with Crippen molar-refractivity contribution in [3.05, 3.63) is 35.4 Å². The Morgan fingerprint density at radius 1 is 1.35 bits per heavy atom. The van der Waals surface area contributed by atoms with Gasteiger partial charge in [0.1, 0.15) is 5.60 Å². The Morgan fingerprint density at radius 2 is 2.09 bits per heavy atom. The second kappa shape index (κ2) is 7.00. The van der Waals surface area contributed by atoms with E-state index in [0.717, 1.165) is 18.4 Å². The molecule has 6 heteroatoms. The van der Waals surface area contributed by atoms with E-state index < -0.39 is 5.60 Å². The van der Waals surface area contributed by atoms with Gasteiger partial charge in [-0.3, -0.25) is 10.2 Å². The van der Waals surface area contributed by atoms with Gasteiger partial charge in [0.2, 0.25) is 0 Å². The van der Waals surface area contributed by atoms with Gasteiger partial charge in [0.15, 0.2) is 0 Å². The molecule has 1 aromatic rings. The molecule has 1 aliphatic heterocycles. The highest BCUT2D eigenvalue weighted by molar-refractivity contribution is 5.93. The number of hydrogen-bond donors (Lipinski definition) is 2. The lowest BCUT2D eigenvalue weighted by molar-refractivity contribution is 0.0198. The molecule has 1 saturated heterocycles. The Bertz CT molecular complexity index is 581. The first kappa shape index (κ1) is 17.3. The number of nitrogens with two attached hydrogens (primary N) is 1. The number of benzene rings is 1. The Kier molecular flexibility index (Phi) is 5.26. The summed E-state index contributed by atoms with van der Waals surface area (Å²) < 4.78 is 5.45. The Morgan fingerprint density at radius 3 is 2.74 bits per heavy atom. The summed E-state index contributed by atoms with van der Waals surface area (Å²) in [4.78, 5) is 25.6. The van der Waals surface area contributed by atoms with Crippen molar-refractivity contribution in [2.45, 2.75) is 45.1 Å². The summed E-state index contributed by atoms with van der Waals surface area (Å²) in [7, 11) is 0. The Balaban J connectivity index is 2.09. The van der Waals surface area contributed by atoms with Crippen LogP contribution in [0.25, 0.3) is 0 Å². The van der Waals surface area contributed by atoms with Crippen LogP contribution in [0.2, 0.25) is 0 Å². The molecule has 1 heterocycles. The first-order valence-corrected chi connectivity index (χ1v) is 7.89. The van der Waals surface area contributed by atoms with E-state index >= 15 is 0 Å². The third-order valence-electron chi connectivity index (χ3n) is 3.82. The first-order valence-electron chi connectivity index (χ1n) is 7.89. The molecule has 2 rings (SSSR count). The fourth-order valence-corrected chi connectivity index (χ4v) is 2.76. The molecule has 0 aromatic heterocycles. The molecular weight excluding hydrogens is 294 g/mol. The van der Waals surface area contributed by atoms with Crippen LogP contribution in [-0.4, -0.2) is 35.6 Å². The fourth-order valence-electron chi connectivity index (χ4n) is 2.76. The van der Waals surface area contributed by atoms with Crippen molar-refractivity contribution >= 4 is 12.0 Å². The average Bonchev–Trinajstić information content (AvgIpc) is 2.53. The first-order chi connectivity index (χ1) is 10.8. The van der Waals surface area contributed by atoms with Crippen molar-refractivity contribution in [2.24, 2.45) is 5.84 Å². The number of likely N-dealkylation sites (tertiary alicyclic amines) is 1. The van der Waals surface area contributed by atoms with Gasteiger partial charge in [0.05, 0.1) is 0 Å². The molecule has 126 valence electrons. The molecule has 23 heavy (non-hydrogen) atoms. The summed E-state index contributed by atoms with van der Waals surface area (Å²) in [5.41, 5.74) is 3.21. The number of rotatable bonds is 2. The number of amides is 2. The van der Waals surface area contributed by atoms with Gasteiger partial charge in [0.25, 0.3) is 5.91 Å². The van der Waals surface area contributed by atoms with Crippen LogP contribution in [0, 0.1) is 0 Å². The van der Waals surface area contributed by atoms with Gasteiger partial charge in [0, 0.05) is 24.6 Å². The summed E-state index contributed by atoms with van der Waals surface area (Å²) in [6.45, 7) is 6.89. The second-order valence-electron chi connectivity index (χ2n) is 6.86. The smallest absolute Gasteiger partial charge is 0.410 e. The van der Waals surface area contributed by atoms with E-state index in [1.807, 2.05) is 39.0 Å². The highest BCUT2D eigenvalue weighted by atomic mass is 16.6. The number of nitrogen functional groups attached to an aromatic ring is 1. The molecule has 0 bridgehead atoms. The summed E-state index contributed by atoms with van der Waals surface area (Å²) in [6, 6.07) is 7.38. The molecule has 0 radical (unpaired) electrons. The standard InChI is InChI=1S/C17H25N3O3/c1-17(2,3)23-16(22)20-9-5-8-14(11-20)12-6-4-7-13(10-12)15(21)19-18/h4,6-7,10,14H,5,8-9,11,18H2,1-3H3,(H,19,21). The highest BCUT2D eigenvalue weighted by Gasteiger charge is 2.28. The topological polar surface area (TPSA) is 84.7 Å². The van der Waals surface area contributed by atoms with Gasteiger partial charge >= 0.3 is 6.09 Å². The summed E-state index contributed by atoms with van der Waals surface area (Å²) in [5.74, 6) is 5.07. The predicted molar refractivity (Wildman–Crippen MR) is 87.9 cm³/mol. The molecule has 0 aliphatic carbocycles. The van der Waals surface area contributed by atoms with E-state index in [0.29, 0.717) is 18.7 Å². The van der Waals surface area contributed by atoms with Crippen molar-refractivity contribution in [1.29, 1.82) is 0 Å². The molecule has 1 aromatic carbocycles. The molecule has 6 nitrogen and oxygen atoms in total. The van der Waals surface area contributed by atoms with Crippen LogP contribution in [0.15, 0.2) is 24.3 Å². The quantitative estimate of drug-likeness (QED) is 0.498. The summed E-state index contributed by atoms with van der Waals surface area (Å²) in [6.07, 6.45) is 1.61. The SMILES string of the molecule is CC(C)(C)OC(=O)N1CCCC(c2cccc(C(=O)NN)c2)C1. The lowest BCUT2D eigenvalue weighted by atomic mass is 9.90. The minimum atomic E-state index is -0.497. The molecule has 0 saturated carbocycles. The largest absolute Gasteiger partial charge is 0.444 e. The fraction of sp³-hybridized carbons (Fsp3) is 0.529. The molecule has 1 fully saturated rings. The molecule has 1 atom stereocenters. The van der Waals surface area contributed by atoms with Crippen LogP contribution >= 0.6 is 0 Å². The van der Waals surface area contributed by atoms with Gasteiger partial charge in [-0.15, -0.1) is 0 Å². The van der Waals surface area contributed by atoms with E-state index in [-0.39, 0.29) is 17.9 Å². The minimum Gasteiger partial charge on any atom is -0.444 e.